The van der Waals surface area contributed by atoms with Gasteiger partial charge in [-0.1, -0.05) is 30.3 Å². The number of nitrogens with zero attached hydrogens (tertiary/aromatic N) is 1. The second-order valence-electron chi connectivity index (χ2n) is 5.92. The van der Waals surface area contributed by atoms with Gasteiger partial charge in [0.15, 0.2) is 17.5 Å². The Bertz CT molecular complexity index is 732. The van der Waals surface area contributed by atoms with E-state index >= 15 is 0 Å². The molecule has 0 aliphatic heterocycles. The van der Waals surface area contributed by atoms with Crippen LogP contribution < -0.4 is 24.8 Å². The van der Waals surface area contributed by atoms with E-state index in [0.717, 1.165) is 11.1 Å². The first-order valence-electron chi connectivity index (χ1n) is 9.06. The molecule has 8 heteroatoms. The van der Waals surface area contributed by atoms with Crippen LogP contribution in [-0.4, -0.2) is 47.5 Å². The van der Waals surface area contributed by atoms with Gasteiger partial charge < -0.3 is 29.6 Å². The van der Waals surface area contributed by atoms with Gasteiger partial charge >= 0.3 is 0 Å². The standard InChI is InChI=1S/C21H29N3O4.HI/c1-22-21(23-10-11-28-15-16-8-6-5-7-9-16)24-14-17-12-18(25-2)20(27-4)19(13-17)26-3;/h5-9,12-13H,10-11,14-15H2,1-4H3,(H2,22,23,24);1H. The summed E-state index contributed by atoms with van der Waals surface area (Å²) in [4.78, 5) is 4.23. The number of hydrogen-bond acceptors (Lipinski definition) is 5. The summed E-state index contributed by atoms with van der Waals surface area (Å²) in [5.41, 5.74) is 2.14. The second-order valence-corrected chi connectivity index (χ2v) is 5.92. The molecule has 2 N–H and O–H groups in total. The molecule has 0 saturated carbocycles. The average molecular weight is 515 g/mol. The maximum absolute atomic E-state index is 5.67. The van der Waals surface area contributed by atoms with Crippen molar-refractivity contribution in [3.8, 4) is 17.2 Å². The minimum absolute atomic E-state index is 0. The molecular weight excluding hydrogens is 485 g/mol. The predicted molar refractivity (Wildman–Crippen MR) is 126 cm³/mol. The maximum Gasteiger partial charge on any atom is 0.203 e. The zero-order valence-electron chi connectivity index (χ0n) is 17.4. The SMILES string of the molecule is CN=C(NCCOCc1ccccc1)NCc1cc(OC)c(OC)c(OC)c1.I. The summed E-state index contributed by atoms with van der Waals surface area (Å²) in [7, 11) is 6.52. The Morgan fingerprint density at radius 1 is 0.897 bits per heavy atom. The molecule has 7 nitrogen and oxygen atoms in total. The van der Waals surface area contributed by atoms with E-state index < -0.39 is 0 Å². The molecule has 2 rings (SSSR count). The topological polar surface area (TPSA) is 73.3 Å². The fourth-order valence-electron chi connectivity index (χ4n) is 2.65. The molecule has 2 aromatic carbocycles. The van der Waals surface area contributed by atoms with Crippen LogP contribution >= 0.6 is 24.0 Å². The monoisotopic (exact) mass is 515 g/mol. The lowest BCUT2D eigenvalue weighted by atomic mass is 10.2. The van der Waals surface area contributed by atoms with Crippen LogP contribution in [0.3, 0.4) is 0 Å². The van der Waals surface area contributed by atoms with Gasteiger partial charge in [0, 0.05) is 20.1 Å². The summed E-state index contributed by atoms with van der Waals surface area (Å²) in [5.74, 6) is 2.51. The van der Waals surface area contributed by atoms with Crippen LogP contribution in [0.4, 0.5) is 0 Å². The number of nitrogens with one attached hydrogen (secondary N) is 2. The Hall–Kier alpha value is -2.20. The smallest absolute Gasteiger partial charge is 0.203 e. The van der Waals surface area contributed by atoms with E-state index in [1.807, 2.05) is 42.5 Å². The zero-order valence-corrected chi connectivity index (χ0v) is 19.7. The lowest BCUT2D eigenvalue weighted by molar-refractivity contribution is 0.125. The molecule has 0 bridgehead atoms. The highest BCUT2D eigenvalue weighted by Gasteiger charge is 2.13. The molecule has 0 unspecified atom stereocenters. The van der Waals surface area contributed by atoms with Crippen LogP contribution in [0.2, 0.25) is 0 Å². The van der Waals surface area contributed by atoms with Gasteiger partial charge in [0.2, 0.25) is 5.75 Å². The lowest BCUT2D eigenvalue weighted by Gasteiger charge is -2.16. The van der Waals surface area contributed by atoms with Crippen molar-refractivity contribution in [1.29, 1.82) is 0 Å². The van der Waals surface area contributed by atoms with Crippen molar-refractivity contribution in [1.82, 2.24) is 10.6 Å². The van der Waals surface area contributed by atoms with Crippen molar-refractivity contribution in [2.45, 2.75) is 13.2 Å². The number of benzene rings is 2. The van der Waals surface area contributed by atoms with Crippen molar-refractivity contribution in [3.63, 3.8) is 0 Å². The Morgan fingerprint density at radius 2 is 1.55 bits per heavy atom. The molecule has 0 aliphatic rings. The Labute approximate surface area is 189 Å². The number of methoxy groups -OCH3 is 3. The van der Waals surface area contributed by atoms with Gasteiger partial charge in [-0.3, -0.25) is 4.99 Å². The van der Waals surface area contributed by atoms with Gasteiger partial charge in [-0.2, -0.15) is 0 Å². The molecule has 0 spiro atoms. The van der Waals surface area contributed by atoms with Gasteiger partial charge in [-0.05, 0) is 23.3 Å². The summed E-state index contributed by atoms with van der Waals surface area (Å²) < 4.78 is 21.8. The van der Waals surface area contributed by atoms with E-state index in [0.29, 0.717) is 49.5 Å². The number of aliphatic imine (C=N–C) groups is 1. The summed E-state index contributed by atoms with van der Waals surface area (Å²) in [6.45, 7) is 2.39. The predicted octanol–water partition coefficient (Wildman–Crippen LogP) is 3.21. The van der Waals surface area contributed by atoms with Crippen LogP contribution in [0.25, 0.3) is 0 Å². The maximum atomic E-state index is 5.67. The highest BCUT2D eigenvalue weighted by atomic mass is 127. The summed E-state index contributed by atoms with van der Waals surface area (Å²) >= 11 is 0. The van der Waals surface area contributed by atoms with E-state index in [1.165, 1.54) is 0 Å². The number of hydrogen-bond donors (Lipinski definition) is 2. The zero-order chi connectivity index (χ0) is 20.2. The van der Waals surface area contributed by atoms with Crippen molar-refractivity contribution < 1.29 is 18.9 Å². The Balaban J connectivity index is 0.00000420. The molecule has 0 heterocycles. The van der Waals surface area contributed by atoms with Crippen molar-refractivity contribution in [2.75, 3.05) is 41.5 Å². The third-order valence-corrected chi connectivity index (χ3v) is 4.06. The molecule has 0 fully saturated rings. The average Bonchev–Trinajstić information content (AvgIpc) is 2.75. The van der Waals surface area contributed by atoms with Crippen LogP contribution in [-0.2, 0) is 17.9 Å². The molecule has 29 heavy (non-hydrogen) atoms. The Morgan fingerprint density at radius 3 is 2.10 bits per heavy atom. The van der Waals surface area contributed by atoms with E-state index in [2.05, 4.69) is 15.6 Å². The molecular formula is C21H30IN3O4. The fraction of sp³-hybridized carbons (Fsp3) is 0.381. The summed E-state index contributed by atoms with van der Waals surface area (Å²) in [6.07, 6.45) is 0. The van der Waals surface area contributed by atoms with Crippen LogP contribution in [0.5, 0.6) is 17.2 Å². The minimum atomic E-state index is 0. The van der Waals surface area contributed by atoms with Crippen molar-refractivity contribution in [3.05, 3.63) is 53.6 Å². The molecule has 0 aliphatic carbocycles. The summed E-state index contributed by atoms with van der Waals surface area (Å²) in [6, 6.07) is 13.9. The second kappa shape index (κ2) is 13.9. The highest BCUT2D eigenvalue weighted by Crippen LogP contribution is 2.38. The number of rotatable bonds is 10. The first-order chi connectivity index (χ1) is 13.7. The van der Waals surface area contributed by atoms with Gasteiger partial charge in [0.05, 0.1) is 34.5 Å². The van der Waals surface area contributed by atoms with E-state index in [-0.39, 0.29) is 24.0 Å². The molecule has 0 radical (unpaired) electrons. The quantitative estimate of drug-likeness (QED) is 0.219. The molecule has 0 atom stereocenters. The van der Waals surface area contributed by atoms with Crippen LogP contribution in [0, 0.1) is 0 Å². The van der Waals surface area contributed by atoms with Gasteiger partial charge in [-0.25, -0.2) is 0 Å². The summed E-state index contributed by atoms with van der Waals surface area (Å²) in [5, 5.41) is 6.50. The van der Waals surface area contributed by atoms with E-state index in [1.54, 1.807) is 28.4 Å². The first kappa shape index (κ1) is 24.8. The molecule has 2 aromatic rings. The fourth-order valence-corrected chi connectivity index (χ4v) is 2.65. The van der Waals surface area contributed by atoms with E-state index in [4.69, 9.17) is 18.9 Å². The highest BCUT2D eigenvalue weighted by molar-refractivity contribution is 14.0. The van der Waals surface area contributed by atoms with Gasteiger partial charge in [0.25, 0.3) is 0 Å². The van der Waals surface area contributed by atoms with Crippen molar-refractivity contribution >= 4 is 29.9 Å². The largest absolute Gasteiger partial charge is 0.493 e. The van der Waals surface area contributed by atoms with Crippen LogP contribution in [0.15, 0.2) is 47.5 Å². The number of guanidine groups is 1. The molecule has 160 valence electrons. The third kappa shape index (κ3) is 7.98. The molecule has 0 aromatic heterocycles. The van der Waals surface area contributed by atoms with Crippen LogP contribution in [0.1, 0.15) is 11.1 Å². The van der Waals surface area contributed by atoms with Gasteiger partial charge in [-0.15, -0.1) is 24.0 Å². The number of halogens is 1. The third-order valence-electron chi connectivity index (χ3n) is 4.06. The number of ether oxygens (including phenoxy) is 4. The van der Waals surface area contributed by atoms with E-state index in [9.17, 15) is 0 Å². The Kier molecular flexibility index (Phi) is 11.9. The van der Waals surface area contributed by atoms with Gasteiger partial charge in [0.1, 0.15) is 0 Å². The first-order valence-corrected chi connectivity index (χ1v) is 9.06. The lowest BCUT2D eigenvalue weighted by Crippen LogP contribution is -2.38. The molecule has 0 saturated heterocycles. The molecule has 0 amide bonds. The van der Waals surface area contributed by atoms with Crippen molar-refractivity contribution in [2.24, 2.45) is 4.99 Å². The normalized spacial score (nSPS) is 10.7. The minimum Gasteiger partial charge on any atom is -0.493 e.